The zero-order valence-corrected chi connectivity index (χ0v) is 14.4. The van der Waals surface area contributed by atoms with Gasteiger partial charge in [-0.1, -0.05) is 30.3 Å². The topological polar surface area (TPSA) is 75.8 Å². The molecule has 2 unspecified atom stereocenters. The molecule has 1 heterocycles. The molecule has 1 aromatic carbocycles. The van der Waals surface area contributed by atoms with Gasteiger partial charge >= 0.3 is 0 Å². The minimum atomic E-state index is -0.318. The number of aliphatic hydroxyl groups excluding tert-OH is 1. The zero-order valence-electron chi connectivity index (χ0n) is 14.4. The number of carbonyl (C=O) groups excluding carboxylic acids is 1. The van der Waals surface area contributed by atoms with E-state index < -0.39 is 0 Å². The second-order valence-corrected chi connectivity index (χ2v) is 6.96. The summed E-state index contributed by atoms with van der Waals surface area (Å²) in [5.41, 5.74) is 1.03. The molecule has 0 amide bonds. The van der Waals surface area contributed by atoms with Crippen molar-refractivity contribution < 1.29 is 14.6 Å². The summed E-state index contributed by atoms with van der Waals surface area (Å²) in [7, 11) is 0. The standard InChI is InChI=1S/C13H20N2O.C5H10O2/c14-15-9-8-12(13(16)10-15)7-6-11-4-2-1-3-5-11;1-5(2,3)7-4-6/h1-5,12-13,16H,6-10,14H2;4H,1-3H3. The van der Waals surface area contributed by atoms with Crippen molar-refractivity contribution in [2.24, 2.45) is 11.8 Å². The fourth-order valence-electron chi connectivity index (χ4n) is 2.48. The highest BCUT2D eigenvalue weighted by Crippen LogP contribution is 2.21. The minimum absolute atomic E-state index is 0.262. The van der Waals surface area contributed by atoms with Crippen LogP contribution in [-0.4, -0.2) is 41.4 Å². The van der Waals surface area contributed by atoms with Crippen molar-refractivity contribution in [2.45, 2.75) is 51.7 Å². The normalized spacial score (nSPS) is 22.0. The van der Waals surface area contributed by atoms with Crippen LogP contribution in [0.4, 0.5) is 0 Å². The summed E-state index contributed by atoms with van der Waals surface area (Å²) in [6.07, 6.45) is 2.85. The lowest BCUT2D eigenvalue weighted by Gasteiger charge is -2.33. The third kappa shape index (κ3) is 8.69. The molecular formula is C18H30N2O3. The Kier molecular flexibility index (Phi) is 8.23. The van der Waals surface area contributed by atoms with Gasteiger partial charge in [-0.15, -0.1) is 0 Å². The third-order valence-electron chi connectivity index (χ3n) is 3.80. The molecule has 5 nitrogen and oxygen atoms in total. The number of aryl methyl sites for hydroxylation is 1. The molecule has 2 atom stereocenters. The van der Waals surface area contributed by atoms with Crippen LogP contribution in [-0.2, 0) is 16.0 Å². The maximum absolute atomic E-state index is 9.90. The number of benzene rings is 1. The third-order valence-corrected chi connectivity index (χ3v) is 3.80. The van der Waals surface area contributed by atoms with Crippen molar-refractivity contribution >= 4 is 6.47 Å². The van der Waals surface area contributed by atoms with E-state index in [4.69, 9.17) is 5.84 Å². The first-order valence-corrected chi connectivity index (χ1v) is 8.15. The first kappa shape index (κ1) is 19.6. The monoisotopic (exact) mass is 322 g/mol. The molecule has 0 saturated carbocycles. The molecule has 130 valence electrons. The van der Waals surface area contributed by atoms with E-state index >= 15 is 0 Å². The maximum atomic E-state index is 9.90. The summed E-state index contributed by atoms with van der Waals surface area (Å²) in [6, 6.07) is 10.4. The smallest absolute Gasteiger partial charge is 0.293 e. The minimum Gasteiger partial charge on any atom is -0.462 e. The van der Waals surface area contributed by atoms with Crippen molar-refractivity contribution in [3.63, 3.8) is 0 Å². The largest absolute Gasteiger partial charge is 0.462 e. The number of ether oxygens (including phenoxy) is 1. The van der Waals surface area contributed by atoms with Crippen molar-refractivity contribution in [3.05, 3.63) is 35.9 Å². The Labute approximate surface area is 139 Å². The first-order chi connectivity index (χ1) is 10.8. The van der Waals surface area contributed by atoms with E-state index in [1.165, 1.54) is 5.56 Å². The van der Waals surface area contributed by atoms with Gasteiger partial charge in [0.05, 0.1) is 6.10 Å². The number of nitrogens with zero attached hydrogens (tertiary/aromatic N) is 1. The van der Waals surface area contributed by atoms with Crippen molar-refractivity contribution in [1.82, 2.24) is 5.01 Å². The highest BCUT2D eigenvalue weighted by Gasteiger charge is 2.25. The number of nitrogens with two attached hydrogens (primary N) is 1. The number of rotatable bonds is 4. The molecule has 2 rings (SSSR count). The molecular weight excluding hydrogens is 292 g/mol. The van der Waals surface area contributed by atoms with Crippen molar-refractivity contribution in [3.8, 4) is 0 Å². The van der Waals surface area contributed by atoms with Crippen LogP contribution in [0.2, 0.25) is 0 Å². The molecule has 5 heteroatoms. The number of hydrogen-bond acceptors (Lipinski definition) is 5. The number of carbonyl (C=O) groups is 1. The lowest BCUT2D eigenvalue weighted by molar-refractivity contribution is -0.138. The van der Waals surface area contributed by atoms with E-state index in [-0.39, 0.29) is 11.7 Å². The van der Waals surface area contributed by atoms with Gasteiger partial charge in [-0.3, -0.25) is 10.6 Å². The Hall–Kier alpha value is -1.43. The van der Waals surface area contributed by atoms with E-state index in [9.17, 15) is 9.90 Å². The van der Waals surface area contributed by atoms with Crippen molar-refractivity contribution in [2.75, 3.05) is 13.1 Å². The SMILES string of the molecule is CC(C)(C)OC=O.NN1CCC(CCc2ccccc2)C(O)C1. The van der Waals surface area contributed by atoms with Crippen LogP contribution >= 0.6 is 0 Å². The van der Waals surface area contributed by atoms with Gasteiger partial charge in [-0.05, 0) is 51.5 Å². The lowest BCUT2D eigenvalue weighted by Crippen LogP contribution is -2.47. The summed E-state index contributed by atoms with van der Waals surface area (Å²) < 4.78 is 4.55. The highest BCUT2D eigenvalue weighted by atomic mass is 16.5. The van der Waals surface area contributed by atoms with E-state index in [1.54, 1.807) is 5.01 Å². The molecule has 0 spiro atoms. The van der Waals surface area contributed by atoms with Gasteiger partial charge in [0.25, 0.3) is 6.47 Å². The summed E-state index contributed by atoms with van der Waals surface area (Å²) in [5.74, 6) is 6.07. The summed E-state index contributed by atoms with van der Waals surface area (Å²) in [4.78, 5) is 9.60. The fourth-order valence-corrected chi connectivity index (χ4v) is 2.48. The Bertz CT molecular complexity index is 445. The van der Waals surface area contributed by atoms with Gasteiger partial charge in [0.15, 0.2) is 0 Å². The summed E-state index contributed by atoms with van der Waals surface area (Å²) in [6.45, 7) is 7.43. The molecule has 1 fully saturated rings. The number of hydrazine groups is 1. The van der Waals surface area contributed by atoms with Crippen LogP contribution in [0.15, 0.2) is 30.3 Å². The number of piperidine rings is 1. The average Bonchev–Trinajstić information content (AvgIpc) is 2.47. The molecule has 0 aromatic heterocycles. The zero-order chi connectivity index (χ0) is 17.3. The molecule has 0 bridgehead atoms. The number of β-amino-alcohol motifs (C(OH)–C–C–N with tert-alkyl or cyclic N) is 1. The molecule has 3 N–H and O–H groups in total. The van der Waals surface area contributed by atoms with Crippen LogP contribution < -0.4 is 5.84 Å². The molecule has 1 aromatic rings. The van der Waals surface area contributed by atoms with Gasteiger partial charge in [0.1, 0.15) is 5.60 Å². The van der Waals surface area contributed by atoms with Crippen LogP contribution in [0.3, 0.4) is 0 Å². The fraction of sp³-hybridized carbons (Fsp3) is 0.611. The summed E-state index contributed by atoms with van der Waals surface area (Å²) in [5, 5.41) is 11.6. The van der Waals surface area contributed by atoms with Gasteiger partial charge in [-0.2, -0.15) is 0 Å². The van der Waals surface area contributed by atoms with Crippen LogP contribution in [0.1, 0.15) is 39.2 Å². The maximum Gasteiger partial charge on any atom is 0.293 e. The summed E-state index contributed by atoms with van der Waals surface area (Å²) >= 11 is 0. The Morgan fingerprint density at radius 3 is 2.48 bits per heavy atom. The molecule has 1 saturated heterocycles. The van der Waals surface area contributed by atoms with E-state index in [2.05, 4.69) is 29.0 Å². The number of aliphatic hydroxyl groups is 1. The van der Waals surface area contributed by atoms with Gasteiger partial charge < -0.3 is 9.84 Å². The predicted molar refractivity (Wildman–Crippen MR) is 91.5 cm³/mol. The van der Waals surface area contributed by atoms with Gasteiger partial charge in [-0.25, -0.2) is 5.01 Å². The Morgan fingerprint density at radius 2 is 2.00 bits per heavy atom. The quantitative estimate of drug-likeness (QED) is 0.656. The van der Waals surface area contributed by atoms with Crippen LogP contribution in [0, 0.1) is 5.92 Å². The second kappa shape index (κ2) is 9.65. The Morgan fingerprint density at radius 1 is 1.35 bits per heavy atom. The molecule has 0 aliphatic carbocycles. The average molecular weight is 322 g/mol. The van der Waals surface area contributed by atoms with Gasteiger partial charge in [0.2, 0.25) is 0 Å². The van der Waals surface area contributed by atoms with Crippen molar-refractivity contribution in [1.29, 1.82) is 0 Å². The van der Waals surface area contributed by atoms with Crippen LogP contribution in [0.25, 0.3) is 0 Å². The van der Waals surface area contributed by atoms with Crippen LogP contribution in [0.5, 0.6) is 0 Å². The highest BCUT2D eigenvalue weighted by molar-refractivity contribution is 5.37. The second-order valence-electron chi connectivity index (χ2n) is 6.96. The number of hydrogen-bond donors (Lipinski definition) is 2. The van der Waals surface area contributed by atoms with E-state index in [1.807, 2.05) is 26.8 Å². The first-order valence-electron chi connectivity index (χ1n) is 8.15. The lowest BCUT2D eigenvalue weighted by atomic mass is 9.89. The van der Waals surface area contributed by atoms with Gasteiger partial charge in [0, 0.05) is 13.1 Å². The molecule has 0 radical (unpaired) electrons. The molecule has 23 heavy (non-hydrogen) atoms. The molecule has 1 aliphatic heterocycles. The predicted octanol–water partition coefficient (Wildman–Crippen LogP) is 2.13. The molecule has 1 aliphatic rings. The van der Waals surface area contributed by atoms with E-state index in [0.717, 1.165) is 25.8 Å². The van der Waals surface area contributed by atoms with E-state index in [0.29, 0.717) is 18.9 Å². The Balaban J connectivity index is 0.000000322.